The Bertz CT molecular complexity index is 771. The van der Waals surface area contributed by atoms with Crippen molar-refractivity contribution in [1.29, 1.82) is 0 Å². The lowest BCUT2D eigenvalue weighted by atomic mass is 10.1. The number of nitrogens with zero attached hydrogens (tertiary/aromatic N) is 2. The van der Waals surface area contributed by atoms with Gasteiger partial charge in [-0.05, 0) is 35.9 Å². The topological polar surface area (TPSA) is 40.6 Å². The predicted octanol–water partition coefficient (Wildman–Crippen LogP) is 3.01. The van der Waals surface area contributed by atoms with Gasteiger partial charge in [0.2, 0.25) is 5.91 Å². The fourth-order valence-corrected chi connectivity index (χ4v) is 3.04. The summed E-state index contributed by atoms with van der Waals surface area (Å²) in [5.41, 5.74) is 1.34. The SMILES string of the molecule is O=C(Cc1ccc(F)cc1)N1CCN(C(=O)c2cccc(Cl)c2)CC1. The van der Waals surface area contributed by atoms with E-state index in [0.29, 0.717) is 36.8 Å². The first-order valence-electron chi connectivity index (χ1n) is 8.10. The van der Waals surface area contributed by atoms with Crippen LogP contribution in [0.1, 0.15) is 15.9 Å². The molecule has 1 saturated heterocycles. The van der Waals surface area contributed by atoms with Crippen LogP contribution in [-0.2, 0) is 11.2 Å². The monoisotopic (exact) mass is 360 g/mol. The van der Waals surface area contributed by atoms with Crippen molar-refractivity contribution in [3.05, 3.63) is 70.5 Å². The summed E-state index contributed by atoms with van der Waals surface area (Å²) in [7, 11) is 0. The van der Waals surface area contributed by atoms with Crippen LogP contribution in [0.4, 0.5) is 4.39 Å². The molecule has 2 amide bonds. The van der Waals surface area contributed by atoms with Gasteiger partial charge in [-0.15, -0.1) is 0 Å². The molecule has 1 fully saturated rings. The molecular formula is C19H18ClFN2O2. The number of hydrogen-bond donors (Lipinski definition) is 0. The number of carbonyl (C=O) groups excluding carboxylic acids is 2. The van der Waals surface area contributed by atoms with Gasteiger partial charge in [0.05, 0.1) is 6.42 Å². The molecule has 25 heavy (non-hydrogen) atoms. The zero-order chi connectivity index (χ0) is 17.8. The van der Waals surface area contributed by atoms with Crippen LogP contribution in [0.5, 0.6) is 0 Å². The second-order valence-electron chi connectivity index (χ2n) is 5.99. The maximum absolute atomic E-state index is 12.9. The van der Waals surface area contributed by atoms with E-state index in [-0.39, 0.29) is 24.1 Å². The third-order valence-corrected chi connectivity index (χ3v) is 4.49. The molecule has 0 N–H and O–H groups in total. The molecule has 2 aromatic carbocycles. The van der Waals surface area contributed by atoms with Crippen molar-refractivity contribution in [2.75, 3.05) is 26.2 Å². The highest BCUT2D eigenvalue weighted by molar-refractivity contribution is 6.30. The fraction of sp³-hybridized carbons (Fsp3) is 0.263. The summed E-state index contributed by atoms with van der Waals surface area (Å²) in [6, 6.07) is 12.8. The molecule has 2 aromatic rings. The zero-order valence-electron chi connectivity index (χ0n) is 13.6. The molecule has 0 unspecified atom stereocenters. The lowest BCUT2D eigenvalue weighted by Crippen LogP contribution is -2.51. The molecule has 0 aliphatic carbocycles. The van der Waals surface area contributed by atoms with E-state index in [0.717, 1.165) is 5.56 Å². The maximum atomic E-state index is 12.9. The van der Waals surface area contributed by atoms with Crippen LogP contribution >= 0.6 is 11.6 Å². The van der Waals surface area contributed by atoms with Gasteiger partial charge in [-0.3, -0.25) is 9.59 Å². The average molecular weight is 361 g/mol. The van der Waals surface area contributed by atoms with Gasteiger partial charge in [0.1, 0.15) is 5.82 Å². The molecule has 1 aliphatic heterocycles. The van der Waals surface area contributed by atoms with Crippen LogP contribution in [0.15, 0.2) is 48.5 Å². The van der Waals surface area contributed by atoms with Gasteiger partial charge in [-0.1, -0.05) is 29.8 Å². The number of carbonyl (C=O) groups is 2. The maximum Gasteiger partial charge on any atom is 0.254 e. The van der Waals surface area contributed by atoms with E-state index in [1.165, 1.54) is 12.1 Å². The minimum Gasteiger partial charge on any atom is -0.339 e. The van der Waals surface area contributed by atoms with Crippen LogP contribution in [0.3, 0.4) is 0 Å². The largest absolute Gasteiger partial charge is 0.339 e. The van der Waals surface area contributed by atoms with E-state index in [9.17, 15) is 14.0 Å². The first-order valence-corrected chi connectivity index (χ1v) is 8.48. The highest BCUT2D eigenvalue weighted by Crippen LogP contribution is 2.15. The van der Waals surface area contributed by atoms with E-state index >= 15 is 0 Å². The molecule has 1 aliphatic rings. The Morgan fingerprint density at radius 2 is 1.60 bits per heavy atom. The number of benzene rings is 2. The van der Waals surface area contributed by atoms with Gasteiger partial charge in [0, 0.05) is 36.8 Å². The summed E-state index contributed by atoms with van der Waals surface area (Å²) in [6.07, 6.45) is 0.239. The summed E-state index contributed by atoms with van der Waals surface area (Å²) in [4.78, 5) is 28.3. The predicted molar refractivity (Wildman–Crippen MR) is 94.0 cm³/mol. The molecule has 4 nitrogen and oxygen atoms in total. The van der Waals surface area contributed by atoms with Crippen LogP contribution < -0.4 is 0 Å². The van der Waals surface area contributed by atoms with E-state index in [2.05, 4.69) is 0 Å². The van der Waals surface area contributed by atoms with Crippen molar-refractivity contribution in [2.45, 2.75) is 6.42 Å². The van der Waals surface area contributed by atoms with E-state index in [1.807, 2.05) is 0 Å². The molecule has 6 heteroatoms. The molecule has 0 spiro atoms. The number of amides is 2. The minimum absolute atomic E-state index is 0.0125. The molecule has 0 saturated carbocycles. The van der Waals surface area contributed by atoms with Crippen molar-refractivity contribution < 1.29 is 14.0 Å². The molecule has 3 rings (SSSR count). The normalized spacial score (nSPS) is 14.5. The summed E-state index contributed by atoms with van der Waals surface area (Å²) >= 11 is 5.93. The summed E-state index contributed by atoms with van der Waals surface area (Å²) in [5.74, 6) is -0.404. The molecule has 0 bridgehead atoms. The Labute approximate surface area is 150 Å². The zero-order valence-corrected chi connectivity index (χ0v) is 14.4. The Kier molecular flexibility index (Phi) is 5.34. The third-order valence-electron chi connectivity index (χ3n) is 4.26. The standard InChI is InChI=1S/C19H18ClFN2O2/c20-16-3-1-2-15(13-16)19(25)23-10-8-22(9-11-23)18(24)12-14-4-6-17(21)7-5-14/h1-7,13H,8-12H2. The highest BCUT2D eigenvalue weighted by atomic mass is 35.5. The molecule has 130 valence electrons. The Balaban J connectivity index is 1.55. The molecule has 0 aromatic heterocycles. The molecule has 0 radical (unpaired) electrons. The Morgan fingerprint density at radius 3 is 2.24 bits per heavy atom. The number of rotatable bonds is 3. The lowest BCUT2D eigenvalue weighted by molar-refractivity contribution is -0.131. The first kappa shape index (κ1) is 17.4. The molecule has 1 heterocycles. The van der Waals surface area contributed by atoms with Crippen LogP contribution in [-0.4, -0.2) is 47.8 Å². The summed E-state index contributed by atoms with van der Waals surface area (Å²) in [5, 5.41) is 0.527. The van der Waals surface area contributed by atoms with Gasteiger partial charge in [-0.2, -0.15) is 0 Å². The average Bonchev–Trinajstić information content (AvgIpc) is 2.63. The fourth-order valence-electron chi connectivity index (χ4n) is 2.85. The Hall–Kier alpha value is -2.40. The molecule has 0 atom stereocenters. The van der Waals surface area contributed by atoms with Gasteiger partial charge in [0.25, 0.3) is 5.91 Å². The van der Waals surface area contributed by atoms with Crippen molar-refractivity contribution in [2.24, 2.45) is 0 Å². The van der Waals surface area contributed by atoms with Gasteiger partial charge in [0.15, 0.2) is 0 Å². The van der Waals surface area contributed by atoms with Crippen LogP contribution in [0.25, 0.3) is 0 Å². The van der Waals surface area contributed by atoms with E-state index < -0.39 is 0 Å². The van der Waals surface area contributed by atoms with Crippen molar-refractivity contribution in [1.82, 2.24) is 9.80 Å². The smallest absolute Gasteiger partial charge is 0.254 e. The van der Waals surface area contributed by atoms with E-state index in [4.69, 9.17) is 11.6 Å². The summed E-state index contributed by atoms with van der Waals surface area (Å²) < 4.78 is 12.9. The minimum atomic E-state index is -0.315. The third kappa shape index (κ3) is 4.37. The second kappa shape index (κ2) is 7.66. The lowest BCUT2D eigenvalue weighted by Gasteiger charge is -2.35. The first-order chi connectivity index (χ1) is 12.0. The number of halogens is 2. The second-order valence-corrected chi connectivity index (χ2v) is 6.42. The summed E-state index contributed by atoms with van der Waals surface area (Å²) in [6.45, 7) is 1.96. The van der Waals surface area contributed by atoms with Gasteiger partial charge < -0.3 is 9.80 Å². The highest BCUT2D eigenvalue weighted by Gasteiger charge is 2.24. The van der Waals surface area contributed by atoms with Gasteiger partial charge >= 0.3 is 0 Å². The van der Waals surface area contributed by atoms with E-state index in [1.54, 1.807) is 46.2 Å². The van der Waals surface area contributed by atoms with Gasteiger partial charge in [-0.25, -0.2) is 4.39 Å². The van der Waals surface area contributed by atoms with Crippen molar-refractivity contribution in [3.8, 4) is 0 Å². The number of hydrogen-bond acceptors (Lipinski definition) is 2. The van der Waals surface area contributed by atoms with Crippen LogP contribution in [0, 0.1) is 5.82 Å². The van der Waals surface area contributed by atoms with Crippen molar-refractivity contribution in [3.63, 3.8) is 0 Å². The number of piperazine rings is 1. The Morgan fingerprint density at radius 1 is 0.960 bits per heavy atom. The van der Waals surface area contributed by atoms with Crippen molar-refractivity contribution >= 4 is 23.4 Å². The van der Waals surface area contributed by atoms with Crippen LogP contribution in [0.2, 0.25) is 5.02 Å². The quantitative estimate of drug-likeness (QED) is 0.844. The molecular weight excluding hydrogens is 343 g/mol.